The predicted molar refractivity (Wildman–Crippen MR) is 318 cm³/mol. The fourth-order valence-corrected chi connectivity index (χ4v) is 11.6. The Bertz CT molecular complexity index is 3200. The average molecular weight is 1160 g/mol. The molecule has 0 saturated carbocycles. The SMILES string of the molecule is NCCNC(=O)O[C@@H]1C[C@H]2C(=O)N[C@@H](CCc3ccccc3)C(=O)N[C@H](Cc3c[nH]c4ccccc34)C(=O)N[C@@H](CN3CCNCC3)C3OC3N[C@@H](Cc3ccc(OCc4ccccc4)cc3)C(=O)N[C@@H](CCc3cccc(Cl)c3)C(=O)N2C1. The molecule has 5 heterocycles. The Morgan fingerprint density at radius 2 is 1.36 bits per heavy atom. The van der Waals surface area contributed by atoms with Crippen molar-refractivity contribution in [3.05, 3.63) is 172 Å². The van der Waals surface area contributed by atoms with E-state index >= 15 is 24.0 Å². The van der Waals surface area contributed by atoms with E-state index in [0.717, 1.165) is 51.8 Å². The van der Waals surface area contributed by atoms with Gasteiger partial charge in [-0.3, -0.25) is 34.2 Å². The van der Waals surface area contributed by atoms with Gasteiger partial charge >= 0.3 is 6.09 Å². The van der Waals surface area contributed by atoms with Crippen LogP contribution >= 0.6 is 11.6 Å². The number of hydrogen-bond acceptors (Lipinski definition) is 13. The van der Waals surface area contributed by atoms with E-state index in [1.54, 1.807) is 18.2 Å². The summed E-state index contributed by atoms with van der Waals surface area (Å²) in [5, 5.41) is 23.3. The van der Waals surface area contributed by atoms with Gasteiger partial charge in [0, 0.05) is 80.8 Å². The van der Waals surface area contributed by atoms with Crippen LogP contribution < -0.4 is 47.7 Å². The van der Waals surface area contributed by atoms with E-state index in [4.69, 9.17) is 31.5 Å². The number of aromatic amines is 1. The first kappa shape index (κ1) is 59.3. The summed E-state index contributed by atoms with van der Waals surface area (Å²) in [5.74, 6) is -2.28. The summed E-state index contributed by atoms with van der Waals surface area (Å²) in [6, 6.07) is 35.2. The zero-order valence-electron chi connectivity index (χ0n) is 46.8. The molecule has 4 aliphatic heterocycles. The second kappa shape index (κ2) is 28.6. The number of alkyl carbamates (subject to hydrolysis) is 1. The lowest BCUT2D eigenvalue weighted by Gasteiger charge is -2.32. The molecule has 0 radical (unpaired) electrons. The predicted octanol–water partition coefficient (Wildman–Crippen LogP) is 3.65. The normalized spacial score (nSPS) is 24.5. The van der Waals surface area contributed by atoms with Gasteiger partial charge in [-0.1, -0.05) is 115 Å². The van der Waals surface area contributed by atoms with E-state index in [9.17, 15) is 4.79 Å². The molecule has 0 spiro atoms. The number of nitrogens with two attached hydrogens (primary N) is 1. The lowest BCUT2D eigenvalue weighted by Crippen LogP contribution is -2.59. The van der Waals surface area contributed by atoms with Crippen molar-refractivity contribution >= 4 is 58.1 Å². The number of aryl methyl sites for hydroxylation is 2. The third kappa shape index (κ3) is 16.1. The van der Waals surface area contributed by atoms with Crippen molar-refractivity contribution in [3.8, 4) is 5.75 Å². The van der Waals surface area contributed by atoms with Crippen LogP contribution in [-0.4, -0.2) is 157 Å². The van der Waals surface area contributed by atoms with Crippen molar-refractivity contribution in [2.24, 2.45) is 5.73 Å². The number of aromatic nitrogens is 1. The molecule has 21 heteroatoms. The fourth-order valence-electron chi connectivity index (χ4n) is 11.3. The summed E-state index contributed by atoms with van der Waals surface area (Å²) in [5.41, 5.74) is 10.8. The van der Waals surface area contributed by atoms with E-state index in [0.29, 0.717) is 49.9 Å². The van der Waals surface area contributed by atoms with Crippen LogP contribution in [0.2, 0.25) is 5.02 Å². The molecule has 20 nitrogen and oxygen atoms in total. The molecule has 442 valence electrons. The average Bonchev–Trinajstić information content (AvgIpc) is 4.23. The van der Waals surface area contributed by atoms with Gasteiger partial charge in [0.1, 0.15) is 55.0 Å². The highest BCUT2D eigenvalue weighted by molar-refractivity contribution is 6.30. The molecule has 84 heavy (non-hydrogen) atoms. The second-order valence-electron chi connectivity index (χ2n) is 22.0. The molecule has 9 atom stereocenters. The highest BCUT2D eigenvalue weighted by Gasteiger charge is 2.50. The molecule has 10 N–H and O–H groups in total. The van der Waals surface area contributed by atoms with Gasteiger partial charge in [0.2, 0.25) is 29.5 Å². The minimum absolute atomic E-state index is 0.0829. The highest BCUT2D eigenvalue weighted by atomic mass is 35.5. The van der Waals surface area contributed by atoms with Gasteiger partial charge in [0.15, 0.2) is 0 Å². The molecule has 0 aliphatic carbocycles. The van der Waals surface area contributed by atoms with Crippen molar-refractivity contribution in [1.82, 2.24) is 52.0 Å². The summed E-state index contributed by atoms with van der Waals surface area (Å²) in [7, 11) is 0. The third-order valence-electron chi connectivity index (χ3n) is 15.9. The Morgan fingerprint density at radius 3 is 2.12 bits per heavy atom. The number of hydrogen-bond donors (Lipinski definition) is 9. The van der Waals surface area contributed by atoms with Crippen LogP contribution in [0.1, 0.15) is 47.1 Å². The smallest absolute Gasteiger partial charge is 0.407 e. The molecule has 10 rings (SSSR count). The monoisotopic (exact) mass is 1160 g/mol. The van der Waals surface area contributed by atoms with Crippen molar-refractivity contribution in [3.63, 3.8) is 0 Å². The number of para-hydroxylation sites is 1. The number of ether oxygens (including phenoxy) is 3. The molecule has 4 saturated heterocycles. The number of fused-ring (bicyclic) bond motifs is 3. The van der Waals surface area contributed by atoms with Gasteiger partial charge in [-0.05, 0) is 90.3 Å². The van der Waals surface area contributed by atoms with Gasteiger partial charge in [-0.2, -0.15) is 0 Å². The van der Waals surface area contributed by atoms with E-state index in [1.807, 2.05) is 121 Å². The number of benzene rings is 5. The number of amides is 6. The number of carbonyl (C=O) groups excluding carboxylic acids is 6. The van der Waals surface area contributed by atoms with Gasteiger partial charge in [-0.15, -0.1) is 0 Å². The van der Waals surface area contributed by atoms with Crippen LogP contribution in [-0.2, 0) is 65.7 Å². The Morgan fingerprint density at radius 1 is 0.690 bits per heavy atom. The molecule has 5 aromatic carbocycles. The number of epoxide rings is 1. The van der Waals surface area contributed by atoms with Crippen LogP contribution in [0.15, 0.2) is 140 Å². The molecule has 6 amide bonds. The zero-order chi connectivity index (χ0) is 58.4. The minimum Gasteiger partial charge on any atom is -0.489 e. The van der Waals surface area contributed by atoms with Gasteiger partial charge in [-0.25, -0.2) is 4.79 Å². The van der Waals surface area contributed by atoms with Crippen LogP contribution in [0.4, 0.5) is 4.79 Å². The van der Waals surface area contributed by atoms with Crippen molar-refractivity contribution in [2.45, 2.75) is 106 Å². The number of piperazine rings is 1. The Hall–Kier alpha value is -7.85. The first-order valence-electron chi connectivity index (χ1n) is 29.0. The summed E-state index contributed by atoms with van der Waals surface area (Å²) in [6.45, 7) is 3.73. The van der Waals surface area contributed by atoms with Crippen LogP contribution in [0.5, 0.6) is 5.75 Å². The topological polar surface area (TPSA) is 266 Å². The zero-order valence-corrected chi connectivity index (χ0v) is 47.6. The van der Waals surface area contributed by atoms with Crippen molar-refractivity contribution in [1.29, 1.82) is 0 Å². The standard InChI is InChI=1S/C63H74ClN11O9/c64-45-15-9-14-41(32-45)21-25-51-62(80)75-37-47(83-63(81)67-27-26-65)35-55(75)60(79)69-50(24-20-40-10-3-1-4-11-40)57(76)71-53(34-44-36-68-49-17-8-7-16-48(44)49)59(78)72-54(38-74-30-28-66-29-31-74)56-61(84-56)73-52(58(77)70-51)33-42-18-22-46(23-19-42)82-39-43-12-5-2-6-13-43/h1-19,22-23,32,36,47,50-56,61,66,68,73H,20-21,24-31,33-35,37-39,65H2,(H,67,81)(H,69,79)(H,70,77)(H,71,76)(H,72,78)/t47-,50+,51+,52+,53-,54+,55+,56?,61?/m1/s1. The fraction of sp³-hybridized carbons (Fsp3) is 0.397. The Kier molecular flexibility index (Phi) is 20.2. The minimum atomic E-state index is -1.28. The summed E-state index contributed by atoms with van der Waals surface area (Å²) in [6.07, 6.45) is -0.332. The highest BCUT2D eigenvalue weighted by Crippen LogP contribution is 2.29. The molecule has 1 aromatic heterocycles. The summed E-state index contributed by atoms with van der Waals surface area (Å²) < 4.78 is 18.4. The van der Waals surface area contributed by atoms with Gasteiger partial charge < -0.3 is 61.7 Å². The Balaban J connectivity index is 1.02. The molecular formula is C63H74ClN11O9. The van der Waals surface area contributed by atoms with Crippen LogP contribution in [0.3, 0.4) is 0 Å². The first-order chi connectivity index (χ1) is 40.9. The lowest BCUT2D eigenvalue weighted by atomic mass is 10.0. The van der Waals surface area contributed by atoms with Crippen LogP contribution in [0.25, 0.3) is 10.9 Å². The number of rotatable bonds is 18. The summed E-state index contributed by atoms with van der Waals surface area (Å²) in [4.78, 5) is 96.3. The number of nitrogens with one attached hydrogen (secondary N) is 8. The summed E-state index contributed by atoms with van der Waals surface area (Å²) >= 11 is 6.46. The first-order valence-corrected chi connectivity index (χ1v) is 29.4. The third-order valence-corrected chi connectivity index (χ3v) is 16.1. The number of H-pyrrole nitrogens is 1. The van der Waals surface area contributed by atoms with Crippen molar-refractivity contribution in [2.75, 3.05) is 52.4 Å². The van der Waals surface area contributed by atoms with Crippen LogP contribution in [0, 0.1) is 0 Å². The Labute approximate surface area is 493 Å². The number of carbonyl (C=O) groups is 6. The van der Waals surface area contributed by atoms with E-state index in [2.05, 4.69) is 47.1 Å². The molecule has 0 bridgehead atoms. The van der Waals surface area contributed by atoms with Gasteiger partial charge in [0.05, 0.1) is 18.6 Å². The quantitative estimate of drug-likeness (QED) is 0.0558. The van der Waals surface area contributed by atoms with Gasteiger partial charge in [0.25, 0.3) is 0 Å². The second-order valence-corrected chi connectivity index (χ2v) is 22.4. The molecule has 4 fully saturated rings. The maximum Gasteiger partial charge on any atom is 0.407 e. The molecule has 2 unspecified atom stereocenters. The maximum atomic E-state index is 15.5. The molecule has 4 aliphatic rings. The van der Waals surface area contributed by atoms with E-state index in [1.165, 1.54) is 4.90 Å². The molecule has 6 aromatic rings. The number of nitrogens with zero attached hydrogens (tertiary/aromatic N) is 2. The van der Waals surface area contributed by atoms with E-state index < -0.39 is 90.3 Å². The van der Waals surface area contributed by atoms with Crippen molar-refractivity contribution < 1.29 is 43.0 Å². The number of halogens is 1. The maximum absolute atomic E-state index is 15.5. The largest absolute Gasteiger partial charge is 0.489 e. The lowest BCUT2D eigenvalue weighted by molar-refractivity contribution is -0.142. The van der Waals surface area contributed by atoms with E-state index in [-0.39, 0.29) is 51.7 Å². The molecular weight excluding hydrogens is 1090 g/mol.